The van der Waals surface area contributed by atoms with Gasteiger partial charge in [-0.15, -0.1) is 0 Å². The highest BCUT2D eigenvalue weighted by Crippen LogP contribution is 2.36. The van der Waals surface area contributed by atoms with Crippen molar-refractivity contribution in [3.05, 3.63) is 35.0 Å². The van der Waals surface area contributed by atoms with E-state index in [1.54, 1.807) is 27.2 Å². The van der Waals surface area contributed by atoms with Gasteiger partial charge in [0.2, 0.25) is 0 Å². The van der Waals surface area contributed by atoms with Gasteiger partial charge in [0, 0.05) is 17.3 Å². The first kappa shape index (κ1) is 19.1. The topological polar surface area (TPSA) is 68.8 Å². The third-order valence-electron chi connectivity index (χ3n) is 3.90. The zero-order valence-corrected chi connectivity index (χ0v) is 15.8. The van der Waals surface area contributed by atoms with Crippen LogP contribution in [-0.2, 0) is 9.53 Å². The van der Waals surface area contributed by atoms with Gasteiger partial charge in [-0.3, -0.25) is 0 Å². The van der Waals surface area contributed by atoms with Crippen LogP contribution in [0.15, 0.2) is 29.5 Å². The summed E-state index contributed by atoms with van der Waals surface area (Å²) in [6.45, 7) is 4.14. The summed E-state index contributed by atoms with van der Waals surface area (Å²) in [4.78, 5) is 12.6. The van der Waals surface area contributed by atoms with E-state index in [0.717, 1.165) is 17.7 Å². The molecule has 0 radical (unpaired) electrons. The summed E-state index contributed by atoms with van der Waals surface area (Å²) in [6.07, 6.45) is 1.57. The molecule has 6 nitrogen and oxygen atoms in total. The zero-order valence-electron chi connectivity index (χ0n) is 15.0. The van der Waals surface area contributed by atoms with Crippen molar-refractivity contribution >= 4 is 23.3 Å². The highest BCUT2D eigenvalue weighted by Gasteiger charge is 2.33. The van der Waals surface area contributed by atoms with Gasteiger partial charge in [0.25, 0.3) is 0 Å². The predicted molar refractivity (Wildman–Crippen MR) is 99.7 cm³/mol. The van der Waals surface area contributed by atoms with Crippen molar-refractivity contribution < 1.29 is 19.0 Å². The van der Waals surface area contributed by atoms with Crippen molar-refractivity contribution in [1.29, 1.82) is 0 Å². The highest BCUT2D eigenvalue weighted by atomic mass is 32.1. The molecule has 1 atom stereocenters. The Morgan fingerprint density at radius 3 is 2.60 bits per heavy atom. The number of carbonyl (C=O) groups is 1. The normalized spacial score (nSPS) is 16.8. The summed E-state index contributed by atoms with van der Waals surface area (Å²) in [7, 11) is 3.17. The molecule has 1 heterocycles. The van der Waals surface area contributed by atoms with Gasteiger partial charge in [0.1, 0.15) is 11.5 Å². The highest BCUT2D eigenvalue weighted by molar-refractivity contribution is 7.80. The molecular weight excluding hydrogens is 340 g/mol. The van der Waals surface area contributed by atoms with Crippen LogP contribution in [0.5, 0.6) is 11.5 Å². The molecule has 2 N–H and O–H groups in total. The van der Waals surface area contributed by atoms with E-state index in [-0.39, 0.29) is 5.97 Å². The van der Waals surface area contributed by atoms with Crippen LogP contribution in [0.1, 0.15) is 38.3 Å². The lowest BCUT2D eigenvalue weighted by molar-refractivity contribution is -0.139. The second kappa shape index (κ2) is 8.71. The number of benzene rings is 1. The number of hydrogen-bond acceptors (Lipinski definition) is 5. The largest absolute Gasteiger partial charge is 0.497 e. The molecule has 0 saturated carbocycles. The Hall–Kier alpha value is -2.28. The first-order valence-corrected chi connectivity index (χ1v) is 8.66. The molecule has 1 aliphatic heterocycles. The van der Waals surface area contributed by atoms with Gasteiger partial charge in [-0.1, -0.05) is 13.3 Å². The standard InChI is InChI=1S/C18H24N2O4S/c1-5-7-13-15(17(21)24-6-2)16(20-18(25)19-13)12-9-8-11(22-3)10-14(12)23-4/h8-10,16H,5-7H2,1-4H3,(H2,19,20,25)/t16-/m0/s1. The van der Waals surface area contributed by atoms with Crippen LogP contribution in [0.25, 0.3) is 0 Å². The fraction of sp³-hybridized carbons (Fsp3) is 0.444. The molecule has 0 aliphatic carbocycles. The monoisotopic (exact) mass is 364 g/mol. The van der Waals surface area contributed by atoms with E-state index in [0.29, 0.717) is 35.2 Å². The van der Waals surface area contributed by atoms with E-state index >= 15 is 0 Å². The van der Waals surface area contributed by atoms with Crippen LogP contribution in [0.4, 0.5) is 0 Å². The molecule has 0 saturated heterocycles. The van der Waals surface area contributed by atoms with Crippen LogP contribution in [0.3, 0.4) is 0 Å². The fourth-order valence-electron chi connectivity index (χ4n) is 2.81. The van der Waals surface area contributed by atoms with E-state index in [1.807, 2.05) is 19.1 Å². The molecule has 0 aromatic heterocycles. The molecule has 7 heteroatoms. The number of methoxy groups -OCH3 is 2. The van der Waals surface area contributed by atoms with Crippen LogP contribution in [-0.4, -0.2) is 31.9 Å². The van der Waals surface area contributed by atoms with E-state index in [4.69, 9.17) is 26.4 Å². The smallest absolute Gasteiger partial charge is 0.338 e. The molecule has 0 spiro atoms. The van der Waals surface area contributed by atoms with Crippen LogP contribution >= 0.6 is 12.2 Å². The Labute approximate surface area is 153 Å². The minimum absolute atomic E-state index is 0.304. The lowest BCUT2D eigenvalue weighted by Gasteiger charge is -2.31. The number of hydrogen-bond donors (Lipinski definition) is 2. The Kier molecular flexibility index (Phi) is 6.64. The first-order chi connectivity index (χ1) is 12.0. The van der Waals surface area contributed by atoms with Crippen LogP contribution in [0, 0.1) is 0 Å². The lowest BCUT2D eigenvalue weighted by atomic mass is 9.93. The molecule has 2 rings (SSSR count). The minimum atomic E-state index is -0.449. The van der Waals surface area contributed by atoms with Gasteiger partial charge >= 0.3 is 5.97 Å². The second-order valence-electron chi connectivity index (χ2n) is 5.50. The number of carbonyl (C=O) groups excluding carboxylic acids is 1. The molecule has 25 heavy (non-hydrogen) atoms. The minimum Gasteiger partial charge on any atom is -0.497 e. The van der Waals surface area contributed by atoms with E-state index in [9.17, 15) is 4.79 Å². The fourth-order valence-corrected chi connectivity index (χ4v) is 3.05. The van der Waals surface area contributed by atoms with Crippen molar-refractivity contribution in [3.63, 3.8) is 0 Å². The molecule has 0 amide bonds. The van der Waals surface area contributed by atoms with Crippen molar-refractivity contribution in [3.8, 4) is 11.5 Å². The first-order valence-electron chi connectivity index (χ1n) is 8.25. The third-order valence-corrected chi connectivity index (χ3v) is 4.12. The third kappa shape index (κ3) is 4.22. The van der Waals surface area contributed by atoms with E-state index in [2.05, 4.69) is 10.6 Å². The maximum absolute atomic E-state index is 12.6. The quantitative estimate of drug-likeness (QED) is 0.569. The molecule has 0 unspecified atom stereocenters. The summed E-state index contributed by atoms with van der Waals surface area (Å²) < 4.78 is 16.0. The second-order valence-corrected chi connectivity index (χ2v) is 5.91. The summed E-state index contributed by atoms with van der Waals surface area (Å²) in [5, 5.41) is 6.74. The number of thiocarbonyl (C=S) groups is 1. The molecule has 0 bridgehead atoms. The average Bonchev–Trinajstić information content (AvgIpc) is 2.61. The Morgan fingerprint density at radius 2 is 2.00 bits per heavy atom. The molecular formula is C18H24N2O4S. The van der Waals surface area contributed by atoms with Gasteiger partial charge in [-0.05, 0) is 37.7 Å². The summed E-state index contributed by atoms with van der Waals surface area (Å²) in [5.41, 5.74) is 2.11. The summed E-state index contributed by atoms with van der Waals surface area (Å²) >= 11 is 5.33. The predicted octanol–water partition coefficient (Wildman–Crippen LogP) is 2.84. The summed E-state index contributed by atoms with van der Waals surface area (Å²) in [6, 6.07) is 5.03. The Balaban J connectivity index is 2.57. The number of nitrogens with one attached hydrogen (secondary N) is 2. The van der Waals surface area contributed by atoms with Gasteiger partial charge < -0.3 is 24.8 Å². The van der Waals surface area contributed by atoms with E-state index in [1.165, 1.54) is 0 Å². The van der Waals surface area contributed by atoms with Crippen molar-refractivity contribution in [2.24, 2.45) is 0 Å². The lowest BCUT2D eigenvalue weighted by Crippen LogP contribution is -2.45. The Bertz CT molecular complexity index is 688. The number of allylic oxidation sites excluding steroid dienone is 1. The van der Waals surface area contributed by atoms with Gasteiger partial charge in [0.15, 0.2) is 5.11 Å². The zero-order chi connectivity index (χ0) is 18.4. The van der Waals surface area contributed by atoms with Crippen molar-refractivity contribution in [2.75, 3.05) is 20.8 Å². The van der Waals surface area contributed by atoms with Crippen molar-refractivity contribution in [1.82, 2.24) is 10.6 Å². The molecule has 0 fully saturated rings. The van der Waals surface area contributed by atoms with Crippen LogP contribution < -0.4 is 20.1 Å². The van der Waals surface area contributed by atoms with E-state index < -0.39 is 6.04 Å². The Morgan fingerprint density at radius 1 is 1.24 bits per heavy atom. The van der Waals surface area contributed by atoms with Gasteiger partial charge in [-0.25, -0.2) is 4.79 Å². The average molecular weight is 364 g/mol. The molecule has 136 valence electrons. The molecule has 1 aromatic rings. The maximum atomic E-state index is 12.6. The number of rotatable bonds is 7. The molecule has 1 aliphatic rings. The van der Waals surface area contributed by atoms with Crippen LogP contribution in [0.2, 0.25) is 0 Å². The van der Waals surface area contributed by atoms with Gasteiger partial charge in [0.05, 0.1) is 32.4 Å². The SMILES string of the molecule is CCCC1=C(C(=O)OCC)[C@H](c2ccc(OC)cc2OC)NC(=S)N1. The number of ether oxygens (including phenoxy) is 3. The maximum Gasteiger partial charge on any atom is 0.338 e. The summed E-state index contributed by atoms with van der Waals surface area (Å²) in [5.74, 6) is 0.920. The van der Waals surface area contributed by atoms with Crippen molar-refractivity contribution in [2.45, 2.75) is 32.7 Å². The van der Waals surface area contributed by atoms with Gasteiger partial charge in [-0.2, -0.15) is 0 Å². The molecule has 1 aromatic carbocycles. The number of esters is 1.